The summed E-state index contributed by atoms with van der Waals surface area (Å²) in [7, 11) is -3.91. The molecule has 0 bridgehead atoms. The van der Waals surface area contributed by atoms with Crippen molar-refractivity contribution in [1.82, 2.24) is 9.21 Å². The third-order valence-electron chi connectivity index (χ3n) is 7.54. The van der Waals surface area contributed by atoms with Gasteiger partial charge in [0.2, 0.25) is 15.9 Å². The van der Waals surface area contributed by atoms with Crippen LogP contribution in [0, 0.1) is 41.5 Å². The second-order valence-electron chi connectivity index (χ2n) is 10.6. The molecule has 3 aromatic carbocycles. The van der Waals surface area contributed by atoms with Gasteiger partial charge in [-0.25, -0.2) is 8.42 Å². The van der Waals surface area contributed by atoms with Crippen LogP contribution in [0.5, 0.6) is 0 Å². The van der Waals surface area contributed by atoms with Gasteiger partial charge in [-0.1, -0.05) is 59.7 Å². The third-order valence-corrected chi connectivity index (χ3v) is 9.64. The molecule has 0 aromatic heterocycles. The summed E-state index contributed by atoms with van der Waals surface area (Å²) in [5.41, 5.74) is 8.08. The zero-order valence-electron chi connectivity index (χ0n) is 23.4. The Morgan fingerprint density at radius 2 is 1.39 bits per heavy atom. The van der Waals surface area contributed by atoms with Gasteiger partial charge in [0.1, 0.15) is 0 Å². The molecule has 0 radical (unpaired) electrons. The molecule has 1 aliphatic heterocycles. The number of rotatable bonds is 7. The number of anilines is 1. The van der Waals surface area contributed by atoms with E-state index < -0.39 is 10.0 Å². The number of hydrogen-bond acceptors (Lipinski definition) is 4. The largest absolute Gasteiger partial charge is 0.368 e. The van der Waals surface area contributed by atoms with Crippen LogP contribution in [0.3, 0.4) is 0 Å². The van der Waals surface area contributed by atoms with Gasteiger partial charge < -0.3 is 9.80 Å². The molecule has 0 spiro atoms. The summed E-state index contributed by atoms with van der Waals surface area (Å²) in [4.78, 5) is 17.9. The Hall–Kier alpha value is -3.16. The van der Waals surface area contributed by atoms with Crippen molar-refractivity contribution in [2.45, 2.75) is 53.0 Å². The van der Waals surface area contributed by atoms with E-state index in [9.17, 15) is 13.2 Å². The predicted octanol–water partition coefficient (Wildman–Crippen LogP) is 5.08. The van der Waals surface area contributed by atoms with Gasteiger partial charge in [-0.05, 0) is 75.4 Å². The summed E-state index contributed by atoms with van der Waals surface area (Å²) in [5.74, 6) is -0.163. The van der Waals surface area contributed by atoms with Crippen LogP contribution in [-0.4, -0.2) is 56.3 Å². The molecule has 0 N–H and O–H groups in total. The van der Waals surface area contributed by atoms with Crippen LogP contribution in [0.4, 0.5) is 5.69 Å². The summed E-state index contributed by atoms with van der Waals surface area (Å²) in [5, 5.41) is 0. The zero-order valence-corrected chi connectivity index (χ0v) is 24.2. The SMILES string of the molecule is Cc1ccc(CN(CC(=O)N2CCN(c3cccc(C)c3C)CC2)S(=O)(=O)c2c(C)cc(C)cc2C)cc1. The molecular weight excluding hydrogens is 494 g/mol. The van der Waals surface area contributed by atoms with Gasteiger partial charge in [0.25, 0.3) is 0 Å². The van der Waals surface area contributed by atoms with Crippen molar-refractivity contribution >= 4 is 21.6 Å². The van der Waals surface area contributed by atoms with Crippen molar-refractivity contribution < 1.29 is 13.2 Å². The lowest BCUT2D eigenvalue weighted by Crippen LogP contribution is -2.52. The van der Waals surface area contributed by atoms with Crippen molar-refractivity contribution in [3.05, 3.63) is 93.5 Å². The number of hydrogen-bond donors (Lipinski definition) is 0. The van der Waals surface area contributed by atoms with Gasteiger partial charge in [0, 0.05) is 38.4 Å². The van der Waals surface area contributed by atoms with Crippen molar-refractivity contribution in [2.75, 3.05) is 37.6 Å². The van der Waals surface area contributed by atoms with Crippen LogP contribution < -0.4 is 4.90 Å². The number of carbonyl (C=O) groups excluding carboxylic acids is 1. The topological polar surface area (TPSA) is 60.9 Å². The van der Waals surface area contributed by atoms with Gasteiger partial charge >= 0.3 is 0 Å². The van der Waals surface area contributed by atoms with Crippen LogP contribution >= 0.6 is 0 Å². The summed E-state index contributed by atoms with van der Waals surface area (Å²) in [6.07, 6.45) is 0. The fraction of sp³-hybridized carbons (Fsp3) is 0.387. The molecule has 1 heterocycles. The van der Waals surface area contributed by atoms with E-state index in [4.69, 9.17) is 0 Å². The Labute approximate surface area is 227 Å². The summed E-state index contributed by atoms with van der Waals surface area (Å²) in [6, 6.07) is 17.9. The van der Waals surface area contributed by atoms with E-state index in [-0.39, 0.29) is 19.0 Å². The molecular formula is C31H39N3O3S. The van der Waals surface area contributed by atoms with Gasteiger partial charge in [0.15, 0.2) is 0 Å². The standard InChI is InChI=1S/C31H39N3O3S/c1-22-10-12-28(13-11-22)20-34(38(36,37)31-25(4)18-23(2)19-26(31)5)21-30(35)33-16-14-32(15-17-33)29-9-7-8-24(3)27(29)6/h7-13,18-19H,14-17,20-21H2,1-6H3. The van der Waals surface area contributed by atoms with E-state index >= 15 is 0 Å². The first-order chi connectivity index (χ1) is 18.0. The van der Waals surface area contributed by atoms with E-state index in [0.29, 0.717) is 29.1 Å². The minimum atomic E-state index is -3.91. The van der Waals surface area contributed by atoms with Crippen molar-refractivity contribution in [3.63, 3.8) is 0 Å². The van der Waals surface area contributed by atoms with Gasteiger partial charge in [-0.15, -0.1) is 0 Å². The maximum atomic E-state index is 14.0. The summed E-state index contributed by atoms with van der Waals surface area (Å²) in [6.45, 7) is 14.4. The van der Waals surface area contributed by atoms with E-state index in [1.165, 1.54) is 21.1 Å². The van der Waals surface area contributed by atoms with Crippen LogP contribution in [0.1, 0.15) is 38.9 Å². The molecule has 38 heavy (non-hydrogen) atoms. The van der Waals surface area contributed by atoms with Crippen LogP contribution in [0.15, 0.2) is 59.5 Å². The molecule has 4 rings (SSSR count). The van der Waals surface area contributed by atoms with Crippen LogP contribution in [0.2, 0.25) is 0 Å². The highest BCUT2D eigenvalue weighted by Crippen LogP contribution is 2.27. The van der Waals surface area contributed by atoms with Crippen molar-refractivity contribution in [1.29, 1.82) is 0 Å². The van der Waals surface area contributed by atoms with Crippen LogP contribution in [0.25, 0.3) is 0 Å². The molecule has 1 amide bonds. The van der Waals surface area contributed by atoms with Crippen LogP contribution in [-0.2, 0) is 21.4 Å². The third kappa shape index (κ3) is 5.94. The molecule has 0 aliphatic carbocycles. The molecule has 1 saturated heterocycles. The van der Waals surface area contributed by atoms with E-state index in [1.807, 2.05) is 64.1 Å². The molecule has 1 fully saturated rings. The first kappa shape index (κ1) is 27.9. The number of amides is 1. The first-order valence-corrected chi connectivity index (χ1v) is 14.6. The van der Waals surface area contributed by atoms with Gasteiger partial charge in [-0.2, -0.15) is 4.31 Å². The molecule has 0 saturated carbocycles. The highest BCUT2D eigenvalue weighted by atomic mass is 32.2. The van der Waals surface area contributed by atoms with Crippen molar-refractivity contribution in [3.8, 4) is 0 Å². The number of sulfonamides is 1. The van der Waals surface area contributed by atoms with Crippen molar-refractivity contribution in [2.24, 2.45) is 0 Å². The average molecular weight is 534 g/mol. The fourth-order valence-electron chi connectivity index (χ4n) is 5.35. The summed E-state index contributed by atoms with van der Waals surface area (Å²) >= 11 is 0. The monoisotopic (exact) mass is 533 g/mol. The molecule has 0 unspecified atom stereocenters. The Bertz CT molecular complexity index is 1400. The lowest BCUT2D eigenvalue weighted by molar-refractivity contribution is -0.131. The Kier molecular flexibility index (Phi) is 8.28. The number of benzene rings is 3. The van der Waals surface area contributed by atoms with Gasteiger partial charge in [-0.3, -0.25) is 4.79 Å². The average Bonchev–Trinajstić information content (AvgIpc) is 2.86. The first-order valence-electron chi connectivity index (χ1n) is 13.2. The Morgan fingerprint density at radius 1 is 0.789 bits per heavy atom. The molecule has 202 valence electrons. The smallest absolute Gasteiger partial charge is 0.244 e. The second kappa shape index (κ2) is 11.3. The Balaban J connectivity index is 1.56. The summed E-state index contributed by atoms with van der Waals surface area (Å²) < 4.78 is 29.4. The normalized spacial score (nSPS) is 14.3. The maximum Gasteiger partial charge on any atom is 0.244 e. The molecule has 3 aromatic rings. The number of carbonyl (C=O) groups is 1. The minimum absolute atomic E-state index is 0.142. The lowest BCUT2D eigenvalue weighted by atomic mass is 10.1. The quantitative estimate of drug-likeness (QED) is 0.425. The minimum Gasteiger partial charge on any atom is -0.368 e. The molecule has 1 aliphatic rings. The molecule has 7 heteroatoms. The fourth-order valence-corrected chi connectivity index (χ4v) is 7.14. The van der Waals surface area contributed by atoms with E-state index in [2.05, 4.69) is 36.9 Å². The number of nitrogens with zero attached hydrogens (tertiary/aromatic N) is 3. The number of piperazine rings is 1. The Morgan fingerprint density at radius 3 is 2.00 bits per heavy atom. The molecule has 0 atom stereocenters. The van der Waals surface area contributed by atoms with E-state index in [1.54, 1.807) is 4.90 Å². The maximum absolute atomic E-state index is 14.0. The highest BCUT2D eigenvalue weighted by Gasteiger charge is 2.32. The van der Waals surface area contributed by atoms with Gasteiger partial charge in [0.05, 0.1) is 11.4 Å². The number of aryl methyl sites for hydroxylation is 5. The molecule has 6 nitrogen and oxygen atoms in total. The zero-order chi connectivity index (χ0) is 27.6. The van der Waals surface area contributed by atoms with E-state index in [0.717, 1.165) is 29.8 Å². The lowest BCUT2D eigenvalue weighted by Gasteiger charge is -2.37. The highest BCUT2D eigenvalue weighted by molar-refractivity contribution is 7.89. The predicted molar refractivity (Wildman–Crippen MR) is 154 cm³/mol. The second-order valence-corrected chi connectivity index (χ2v) is 12.4.